The van der Waals surface area contributed by atoms with Gasteiger partial charge in [-0.3, -0.25) is 0 Å². The second-order valence-electron chi connectivity index (χ2n) is 4.94. The Labute approximate surface area is 97.1 Å². The molecule has 1 amide bonds. The van der Waals surface area contributed by atoms with Crippen LogP contribution in [0.4, 0.5) is 4.79 Å². The van der Waals surface area contributed by atoms with E-state index in [9.17, 15) is 4.79 Å². The smallest absolute Gasteiger partial charge is 0.410 e. The molecule has 2 bridgehead atoms. The third-order valence-electron chi connectivity index (χ3n) is 3.65. The van der Waals surface area contributed by atoms with Gasteiger partial charge in [-0.2, -0.15) is 0 Å². The van der Waals surface area contributed by atoms with Crippen LogP contribution in [-0.2, 0) is 4.74 Å². The molecule has 2 saturated heterocycles. The summed E-state index contributed by atoms with van der Waals surface area (Å²) in [6.07, 6.45) is 10.00. The van der Waals surface area contributed by atoms with Gasteiger partial charge in [0, 0.05) is 18.5 Å². The predicted molar refractivity (Wildman–Crippen MR) is 61.8 cm³/mol. The first-order chi connectivity index (χ1) is 7.72. The molecule has 2 aliphatic rings. The van der Waals surface area contributed by atoms with Gasteiger partial charge >= 0.3 is 6.09 Å². The summed E-state index contributed by atoms with van der Waals surface area (Å²) in [7, 11) is 0. The molecule has 2 unspecified atom stereocenters. The number of carbonyl (C=O) groups is 1. The summed E-state index contributed by atoms with van der Waals surface area (Å²) < 4.78 is 5.18. The van der Waals surface area contributed by atoms with E-state index >= 15 is 0 Å². The molecule has 0 saturated carbocycles. The van der Waals surface area contributed by atoms with Crippen molar-refractivity contribution >= 4 is 6.09 Å². The lowest BCUT2D eigenvalue weighted by molar-refractivity contribution is 0.0611. The monoisotopic (exact) mass is 221 g/mol. The fourth-order valence-corrected chi connectivity index (χ4v) is 3.02. The first-order valence-corrected chi connectivity index (χ1v) is 6.11. The normalized spacial score (nSPS) is 32.2. The second kappa shape index (κ2) is 4.78. The van der Waals surface area contributed by atoms with Crippen molar-refractivity contribution in [2.75, 3.05) is 6.61 Å². The van der Waals surface area contributed by atoms with E-state index < -0.39 is 0 Å². The van der Waals surface area contributed by atoms with Crippen LogP contribution in [0.1, 0.15) is 39.0 Å². The number of ether oxygens (including phenoxy) is 1. The van der Waals surface area contributed by atoms with Gasteiger partial charge in [0.15, 0.2) is 0 Å². The average molecular weight is 221 g/mol. The molecule has 3 heteroatoms. The van der Waals surface area contributed by atoms with E-state index in [1.54, 1.807) is 0 Å². The zero-order chi connectivity index (χ0) is 11.5. The van der Waals surface area contributed by atoms with Gasteiger partial charge in [0.1, 0.15) is 6.61 Å². The Bertz CT molecular complexity index is 294. The maximum atomic E-state index is 11.9. The Morgan fingerprint density at radius 3 is 2.62 bits per heavy atom. The van der Waals surface area contributed by atoms with Crippen LogP contribution in [0.3, 0.4) is 0 Å². The van der Waals surface area contributed by atoms with Crippen molar-refractivity contribution in [3.05, 3.63) is 0 Å². The summed E-state index contributed by atoms with van der Waals surface area (Å²) in [5.41, 5.74) is 0. The van der Waals surface area contributed by atoms with Gasteiger partial charge in [0.25, 0.3) is 0 Å². The third kappa shape index (κ3) is 2.16. The van der Waals surface area contributed by atoms with Crippen LogP contribution < -0.4 is 0 Å². The van der Waals surface area contributed by atoms with Crippen molar-refractivity contribution in [1.29, 1.82) is 0 Å². The van der Waals surface area contributed by atoms with Crippen LogP contribution in [0.25, 0.3) is 0 Å². The van der Waals surface area contributed by atoms with E-state index in [1.165, 1.54) is 0 Å². The lowest BCUT2D eigenvalue weighted by Gasteiger charge is -2.36. The Morgan fingerprint density at radius 1 is 1.44 bits per heavy atom. The van der Waals surface area contributed by atoms with Crippen molar-refractivity contribution in [2.45, 2.75) is 51.1 Å². The van der Waals surface area contributed by atoms with E-state index in [4.69, 9.17) is 11.2 Å². The quantitative estimate of drug-likeness (QED) is 0.529. The van der Waals surface area contributed by atoms with Gasteiger partial charge in [-0.15, -0.1) is 12.3 Å². The van der Waals surface area contributed by atoms with Crippen LogP contribution in [0, 0.1) is 18.3 Å². The summed E-state index contributed by atoms with van der Waals surface area (Å²) in [6.45, 7) is 2.62. The number of nitrogens with zero attached hydrogens (tertiary/aromatic N) is 1. The fraction of sp³-hybridized carbons (Fsp3) is 0.769. The number of piperidine rings is 1. The van der Waals surface area contributed by atoms with E-state index in [-0.39, 0.29) is 6.09 Å². The minimum atomic E-state index is -0.158. The molecule has 2 aliphatic heterocycles. The van der Waals surface area contributed by atoms with Gasteiger partial charge in [-0.1, -0.05) is 6.92 Å². The molecule has 0 aliphatic carbocycles. The highest BCUT2D eigenvalue weighted by Gasteiger charge is 2.42. The Kier molecular flexibility index (Phi) is 3.38. The zero-order valence-corrected chi connectivity index (χ0v) is 9.82. The Morgan fingerprint density at radius 2 is 2.06 bits per heavy atom. The lowest BCUT2D eigenvalue weighted by atomic mass is 9.93. The highest BCUT2D eigenvalue weighted by Crippen LogP contribution is 2.38. The maximum absolute atomic E-state index is 11.9. The van der Waals surface area contributed by atoms with E-state index in [1.807, 2.05) is 4.90 Å². The minimum absolute atomic E-state index is 0.158. The maximum Gasteiger partial charge on any atom is 0.410 e. The topological polar surface area (TPSA) is 29.5 Å². The molecule has 0 aromatic heterocycles. The van der Waals surface area contributed by atoms with E-state index in [2.05, 4.69) is 12.8 Å². The van der Waals surface area contributed by atoms with Crippen molar-refractivity contribution in [3.63, 3.8) is 0 Å². The van der Waals surface area contributed by atoms with Gasteiger partial charge in [0.2, 0.25) is 0 Å². The molecule has 0 aromatic rings. The predicted octanol–water partition coefficient (Wildman–Crippen LogP) is 2.41. The number of rotatable bonds is 2. The second-order valence-corrected chi connectivity index (χ2v) is 4.94. The average Bonchev–Trinajstić information content (AvgIpc) is 2.52. The van der Waals surface area contributed by atoms with Crippen molar-refractivity contribution < 1.29 is 9.53 Å². The number of carbonyl (C=O) groups excluding carboxylic acids is 1. The van der Waals surface area contributed by atoms with E-state index in [0.29, 0.717) is 25.1 Å². The summed E-state index contributed by atoms with van der Waals surface area (Å²) in [6, 6.07) is 0.819. The third-order valence-corrected chi connectivity index (χ3v) is 3.65. The summed E-state index contributed by atoms with van der Waals surface area (Å²) in [5, 5.41) is 0. The summed E-state index contributed by atoms with van der Waals surface area (Å²) in [5.74, 6) is 3.22. The molecular formula is C13H19NO2. The molecule has 2 heterocycles. The highest BCUT2D eigenvalue weighted by atomic mass is 16.6. The SMILES string of the molecule is C#CCCOC(=O)N1C2CCC1CC(C)C2. The van der Waals surface area contributed by atoms with Gasteiger partial charge < -0.3 is 9.64 Å². The van der Waals surface area contributed by atoms with Crippen LogP contribution in [0.2, 0.25) is 0 Å². The van der Waals surface area contributed by atoms with Crippen LogP contribution >= 0.6 is 0 Å². The van der Waals surface area contributed by atoms with Crippen molar-refractivity contribution in [3.8, 4) is 12.3 Å². The molecule has 0 N–H and O–H groups in total. The number of terminal acetylenes is 1. The molecule has 3 nitrogen and oxygen atoms in total. The summed E-state index contributed by atoms with van der Waals surface area (Å²) in [4.78, 5) is 13.8. The van der Waals surface area contributed by atoms with Gasteiger partial charge in [0.05, 0.1) is 0 Å². The van der Waals surface area contributed by atoms with E-state index in [0.717, 1.165) is 31.6 Å². The number of fused-ring (bicyclic) bond motifs is 2. The van der Waals surface area contributed by atoms with Crippen LogP contribution in [0.5, 0.6) is 0 Å². The first kappa shape index (κ1) is 11.3. The standard InChI is InChI=1S/C13H19NO2/c1-3-4-7-16-13(15)14-11-5-6-12(14)9-10(2)8-11/h1,10-12H,4-9H2,2H3. The molecule has 2 atom stereocenters. The fourth-order valence-electron chi connectivity index (χ4n) is 3.02. The number of hydrogen-bond donors (Lipinski definition) is 0. The molecule has 0 spiro atoms. The van der Waals surface area contributed by atoms with Crippen LogP contribution in [-0.4, -0.2) is 29.7 Å². The molecule has 0 radical (unpaired) electrons. The molecule has 2 rings (SSSR count). The minimum Gasteiger partial charge on any atom is -0.448 e. The number of amides is 1. The molecule has 2 fully saturated rings. The Hall–Kier alpha value is -1.17. The number of hydrogen-bond acceptors (Lipinski definition) is 2. The Balaban J connectivity index is 1.90. The molecular weight excluding hydrogens is 202 g/mol. The summed E-state index contributed by atoms with van der Waals surface area (Å²) >= 11 is 0. The van der Waals surface area contributed by atoms with Gasteiger partial charge in [-0.25, -0.2) is 4.79 Å². The molecule has 0 aromatic carbocycles. The van der Waals surface area contributed by atoms with Crippen molar-refractivity contribution in [1.82, 2.24) is 4.90 Å². The van der Waals surface area contributed by atoms with Crippen LogP contribution in [0.15, 0.2) is 0 Å². The highest BCUT2D eigenvalue weighted by molar-refractivity contribution is 5.69. The largest absolute Gasteiger partial charge is 0.448 e. The zero-order valence-electron chi connectivity index (χ0n) is 9.82. The van der Waals surface area contributed by atoms with Gasteiger partial charge in [-0.05, 0) is 31.6 Å². The van der Waals surface area contributed by atoms with Crippen molar-refractivity contribution in [2.24, 2.45) is 5.92 Å². The first-order valence-electron chi connectivity index (χ1n) is 6.11. The molecule has 16 heavy (non-hydrogen) atoms. The lowest BCUT2D eigenvalue weighted by Crippen LogP contribution is -2.46. The molecule has 88 valence electrons.